The Hall–Kier alpha value is -3.12. The highest BCUT2D eigenvalue weighted by Crippen LogP contribution is 2.57. The molecule has 0 aliphatic carbocycles. The van der Waals surface area contributed by atoms with Crippen LogP contribution in [0.25, 0.3) is 0 Å². The Balaban J connectivity index is 1.13. The molecule has 308 valence electrons. The smallest absolute Gasteiger partial charge is 0.457 e. The van der Waals surface area contributed by atoms with Gasteiger partial charge in [-0.15, -0.1) is 0 Å². The third-order valence-corrected chi connectivity index (χ3v) is 11.5. The van der Waals surface area contributed by atoms with Crippen molar-refractivity contribution in [3.05, 3.63) is 108 Å². The molecule has 3 aromatic carbocycles. The second-order valence-corrected chi connectivity index (χ2v) is 16.9. The number of carbonyl (C=O) groups excluding carboxylic acids is 1. The van der Waals surface area contributed by atoms with Gasteiger partial charge >= 0.3 is 13.8 Å². The van der Waals surface area contributed by atoms with E-state index >= 15 is 4.57 Å². The number of phosphoric acid groups is 1. The average Bonchev–Trinajstić information content (AvgIpc) is 3.82. The van der Waals surface area contributed by atoms with Crippen LogP contribution >= 0.6 is 7.82 Å². The molecule has 5 aliphatic rings. The van der Waals surface area contributed by atoms with Gasteiger partial charge in [-0.2, -0.15) is 0 Å². The van der Waals surface area contributed by atoms with Crippen molar-refractivity contribution in [3.63, 3.8) is 0 Å². The Morgan fingerprint density at radius 3 is 1.98 bits per heavy atom. The highest BCUT2D eigenvalue weighted by atomic mass is 31.2. The van der Waals surface area contributed by atoms with Gasteiger partial charge in [0.25, 0.3) is 0 Å². The summed E-state index contributed by atoms with van der Waals surface area (Å²) >= 11 is 0. The fraction of sp³-hybridized carbons (Fsp3) is 0.537. The van der Waals surface area contributed by atoms with Gasteiger partial charge in [-0.05, 0) is 38.8 Å². The first-order valence-corrected chi connectivity index (χ1v) is 20.6. The average molecular weight is 813 g/mol. The lowest BCUT2D eigenvalue weighted by atomic mass is 9.97. The first-order valence-electron chi connectivity index (χ1n) is 19.1. The summed E-state index contributed by atoms with van der Waals surface area (Å²) in [6, 6.07) is 27.9. The molecule has 5 fully saturated rings. The Morgan fingerprint density at radius 1 is 0.684 bits per heavy atom. The van der Waals surface area contributed by atoms with Gasteiger partial charge in [0, 0.05) is 12.5 Å². The minimum Gasteiger partial charge on any atom is -0.457 e. The van der Waals surface area contributed by atoms with Crippen LogP contribution in [-0.4, -0.2) is 92.2 Å². The summed E-state index contributed by atoms with van der Waals surface area (Å²) in [6.07, 6.45) is -10.7. The number of esters is 1. The summed E-state index contributed by atoms with van der Waals surface area (Å²) in [7, 11) is -4.74. The maximum absolute atomic E-state index is 15.4. The molecule has 8 rings (SSSR count). The number of hydrogen-bond acceptors (Lipinski definition) is 15. The van der Waals surface area contributed by atoms with Crippen LogP contribution < -0.4 is 0 Å². The van der Waals surface area contributed by atoms with Crippen LogP contribution in [0.5, 0.6) is 0 Å². The molecular formula is C41H49O15P. The second kappa shape index (κ2) is 16.9. The van der Waals surface area contributed by atoms with E-state index < -0.39 is 93.1 Å². The molecule has 16 heteroatoms. The highest BCUT2D eigenvalue weighted by molar-refractivity contribution is 7.48. The molecule has 5 aliphatic heterocycles. The van der Waals surface area contributed by atoms with Crippen LogP contribution in [0.15, 0.2) is 91.0 Å². The van der Waals surface area contributed by atoms with Crippen molar-refractivity contribution in [2.75, 3.05) is 13.2 Å². The molecule has 3 aromatic rings. The quantitative estimate of drug-likeness (QED) is 0.144. The lowest BCUT2D eigenvalue weighted by molar-refractivity contribution is -0.358. The summed E-state index contributed by atoms with van der Waals surface area (Å²) in [5.41, 5.74) is 2.27. The minimum atomic E-state index is -4.74. The SMILES string of the molecule is CC(=O)O[C@@H]1[C@H](OCc2ccccc2)[C@@H](OP(=O)(OCc2ccccc2)O[C@@H]2[C@H]3OC(C)(C)O[C@H]3O[C@@H]2[C@H]2COC(C)(C)O2)O[C@@H]2CO[C@@H](c3ccccc3)O[C@@H]12. The molecular weight excluding hydrogens is 763 g/mol. The molecule has 0 N–H and O–H groups in total. The molecule has 0 spiro atoms. The molecule has 5 heterocycles. The van der Waals surface area contributed by atoms with Crippen LogP contribution in [0, 0.1) is 0 Å². The zero-order valence-electron chi connectivity index (χ0n) is 32.4. The maximum Gasteiger partial charge on any atom is 0.478 e. The van der Waals surface area contributed by atoms with E-state index in [4.69, 9.17) is 60.9 Å². The Kier molecular flexibility index (Phi) is 12.0. The van der Waals surface area contributed by atoms with Gasteiger partial charge in [-0.25, -0.2) is 4.57 Å². The van der Waals surface area contributed by atoms with Gasteiger partial charge in [-0.3, -0.25) is 18.4 Å². The lowest BCUT2D eigenvalue weighted by Crippen LogP contribution is -2.63. The van der Waals surface area contributed by atoms with Crippen LogP contribution in [0.4, 0.5) is 0 Å². The summed E-state index contributed by atoms with van der Waals surface area (Å²) in [6.45, 7) is 8.41. The number of fused-ring (bicyclic) bond motifs is 2. The van der Waals surface area contributed by atoms with Crippen molar-refractivity contribution in [3.8, 4) is 0 Å². The summed E-state index contributed by atoms with van der Waals surface area (Å²) < 4.78 is 96.8. The molecule has 15 nitrogen and oxygen atoms in total. The predicted molar refractivity (Wildman–Crippen MR) is 198 cm³/mol. The molecule has 1 unspecified atom stereocenters. The normalized spacial score (nSPS) is 35.2. The number of rotatable bonds is 13. The Morgan fingerprint density at radius 2 is 1.33 bits per heavy atom. The van der Waals surface area contributed by atoms with Crippen LogP contribution in [0.1, 0.15) is 57.6 Å². The van der Waals surface area contributed by atoms with E-state index in [0.717, 1.165) is 11.1 Å². The molecule has 5 saturated heterocycles. The van der Waals surface area contributed by atoms with Gasteiger partial charge in [0.1, 0.15) is 42.7 Å². The minimum absolute atomic E-state index is 0.0145. The zero-order chi connectivity index (χ0) is 39.8. The first-order chi connectivity index (χ1) is 27.3. The zero-order valence-corrected chi connectivity index (χ0v) is 33.3. The summed E-state index contributed by atoms with van der Waals surface area (Å²) in [5.74, 6) is -2.55. The number of phosphoric ester groups is 1. The van der Waals surface area contributed by atoms with Crippen molar-refractivity contribution >= 4 is 13.8 Å². The van der Waals surface area contributed by atoms with Crippen molar-refractivity contribution in [2.45, 2.75) is 127 Å². The van der Waals surface area contributed by atoms with Gasteiger partial charge in [0.05, 0.1) is 26.4 Å². The van der Waals surface area contributed by atoms with Gasteiger partial charge in [0.15, 0.2) is 36.5 Å². The van der Waals surface area contributed by atoms with Crippen molar-refractivity contribution in [1.29, 1.82) is 0 Å². The third-order valence-electron chi connectivity index (χ3n) is 10.1. The van der Waals surface area contributed by atoms with E-state index in [0.29, 0.717) is 5.56 Å². The monoisotopic (exact) mass is 812 g/mol. The number of hydrogen-bond donors (Lipinski definition) is 0. The molecule has 0 saturated carbocycles. The molecule has 0 bridgehead atoms. The number of benzene rings is 3. The van der Waals surface area contributed by atoms with E-state index in [1.807, 2.05) is 91.0 Å². The van der Waals surface area contributed by atoms with Crippen LogP contribution in [0.2, 0.25) is 0 Å². The molecule has 0 aromatic heterocycles. The molecule has 57 heavy (non-hydrogen) atoms. The van der Waals surface area contributed by atoms with Gasteiger partial charge < -0.3 is 47.4 Å². The van der Waals surface area contributed by atoms with E-state index in [2.05, 4.69) is 0 Å². The molecule has 12 atom stereocenters. The predicted octanol–water partition coefficient (Wildman–Crippen LogP) is 6.10. The van der Waals surface area contributed by atoms with Crippen LogP contribution in [-0.2, 0) is 83.5 Å². The van der Waals surface area contributed by atoms with Crippen molar-refractivity contribution < 1.29 is 70.3 Å². The van der Waals surface area contributed by atoms with E-state index in [1.54, 1.807) is 27.7 Å². The number of carbonyl (C=O) groups is 1. The second-order valence-electron chi connectivity index (χ2n) is 15.4. The maximum atomic E-state index is 15.4. The topological polar surface area (TPSA) is 154 Å². The standard InChI is InChI=1S/C41H49O15P/c1-25(42)48-33-31-29(23-45-37(50-31)28-19-13-8-14-20-28)49-39(35(33)44-21-26-15-9-6-10-16-26)56-57(43,47-22-27-17-11-7-12-18-27)55-34-32(30-24-46-40(2,3)52-30)51-38-36(34)53-41(4,5)54-38/h6-20,29-39H,21-24H2,1-5H3/t29-,30-,31-,32-,33+,34+,35+,36-,37-,38-,39-,57?/m1/s1. The van der Waals surface area contributed by atoms with E-state index in [9.17, 15) is 4.79 Å². The van der Waals surface area contributed by atoms with Gasteiger partial charge in [-0.1, -0.05) is 91.0 Å². The Bertz CT molecular complexity index is 1850. The molecule has 0 radical (unpaired) electrons. The highest BCUT2D eigenvalue weighted by Gasteiger charge is 2.62. The lowest BCUT2D eigenvalue weighted by Gasteiger charge is -2.48. The summed E-state index contributed by atoms with van der Waals surface area (Å²) in [5, 5.41) is 0. The molecule has 0 amide bonds. The van der Waals surface area contributed by atoms with Crippen molar-refractivity contribution in [1.82, 2.24) is 0 Å². The van der Waals surface area contributed by atoms with Gasteiger partial charge in [0.2, 0.25) is 0 Å². The van der Waals surface area contributed by atoms with Crippen molar-refractivity contribution in [2.24, 2.45) is 0 Å². The Labute approximate surface area is 331 Å². The fourth-order valence-electron chi connectivity index (χ4n) is 7.57. The summed E-state index contributed by atoms with van der Waals surface area (Å²) in [4.78, 5) is 12.8. The first kappa shape index (κ1) is 40.7. The van der Waals surface area contributed by atoms with E-state index in [1.165, 1.54) is 6.92 Å². The fourth-order valence-corrected chi connectivity index (χ4v) is 9.01. The van der Waals surface area contributed by atoms with Crippen LogP contribution in [0.3, 0.4) is 0 Å². The van der Waals surface area contributed by atoms with E-state index in [-0.39, 0.29) is 26.4 Å². The third kappa shape index (κ3) is 9.53. The number of ether oxygens (including phenoxy) is 10. The largest absolute Gasteiger partial charge is 0.478 e.